The van der Waals surface area contributed by atoms with Gasteiger partial charge in [0, 0.05) is 12.2 Å². The summed E-state index contributed by atoms with van der Waals surface area (Å²) in [5.41, 5.74) is 0. The van der Waals surface area contributed by atoms with Crippen molar-refractivity contribution in [3.05, 3.63) is 0 Å². The van der Waals surface area contributed by atoms with Gasteiger partial charge in [0.25, 0.3) is 0 Å². The largest absolute Gasteiger partial charge is 0.748 e. The van der Waals surface area contributed by atoms with Gasteiger partial charge in [-0.15, -0.1) is 0 Å². The second-order valence-electron chi connectivity index (χ2n) is 8.09. The maximum atomic E-state index is 10.9. The maximum absolute atomic E-state index is 10.9. The van der Waals surface area contributed by atoms with Crippen molar-refractivity contribution in [1.82, 2.24) is 0 Å². The molecule has 0 aromatic heterocycles. The van der Waals surface area contributed by atoms with Gasteiger partial charge in [0.2, 0.25) is 0 Å². The van der Waals surface area contributed by atoms with Gasteiger partial charge in [0.15, 0.2) is 0 Å². The van der Waals surface area contributed by atoms with E-state index >= 15 is 0 Å². The fourth-order valence-electron chi connectivity index (χ4n) is 4.25. The Morgan fingerprint density at radius 2 is 1.20 bits per heavy atom. The molecule has 1 rings (SSSR count). The van der Waals surface area contributed by atoms with Gasteiger partial charge in [-0.1, -0.05) is 58.3 Å². The van der Waals surface area contributed by atoms with Crippen LogP contribution in [0.15, 0.2) is 0 Å². The molecule has 0 atom stereocenters. The lowest BCUT2D eigenvalue weighted by molar-refractivity contribution is -0.932. The smallest absolute Gasteiger partial charge is 0.0948 e. The fourth-order valence-corrected chi connectivity index (χ4v) is 4.74. The van der Waals surface area contributed by atoms with Gasteiger partial charge in [-0.05, 0) is 32.1 Å². The Morgan fingerprint density at radius 3 is 1.72 bits per heavy atom. The Bertz CT molecular complexity index is 417. The third-order valence-electron chi connectivity index (χ3n) is 5.78. The summed E-state index contributed by atoms with van der Waals surface area (Å²) < 4.78 is 33.6. The second kappa shape index (κ2) is 13.1. The van der Waals surface area contributed by atoms with Crippen LogP contribution in [0.4, 0.5) is 0 Å². The number of piperidine rings is 1. The number of hydrogen-bond donors (Lipinski definition) is 0. The highest BCUT2D eigenvalue weighted by Crippen LogP contribution is 2.21. The van der Waals surface area contributed by atoms with Crippen molar-refractivity contribution in [2.75, 3.05) is 31.9 Å². The molecular weight excluding hydrogens is 334 g/mol. The van der Waals surface area contributed by atoms with Gasteiger partial charge in [-0.25, -0.2) is 8.42 Å². The molecule has 25 heavy (non-hydrogen) atoms. The lowest BCUT2D eigenvalue weighted by atomic mass is 10.0. The number of nitrogens with zero attached hydrogens (tertiary/aromatic N) is 1. The lowest BCUT2D eigenvalue weighted by Crippen LogP contribution is -2.52. The van der Waals surface area contributed by atoms with Crippen LogP contribution in [0.5, 0.6) is 0 Å². The highest BCUT2D eigenvalue weighted by Gasteiger charge is 2.28. The van der Waals surface area contributed by atoms with Crippen molar-refractivity contribution in [1.29, 1.82) is 0 Å². The van der Waals surface area contributed by atoms with E-state index in [1.165, 1.54) is 103 Å². The monoisotopic (exact) mass is 375 g/mol. The molecule has 1 saturated heterocycles. The Balaban J connectivity index is 2.14. The van der Waals surface area contributed by atoms with Crippen LogP contribution in [0.1, 0.15) is 96.8 Å². The number of hydrogen-bond acceptors (Lipinski definition) is 3. The molecule has 0 aromatic carbocycles. The van der Waals surface area contributed by atoms with E-state index in [-0.39, 0.29) is 5.75 Å². The number of rotatable bonds is 15. The van der Waals surface area contributed by atoms with Crippen molar-refractivity contribution in [3.8, 4) is 0 Å². The molecule has 0 amide bonds. The lowest BCUT2D eigenvalue weighted by Gasteiger charge is -2.42. The van der Waals surface area contributed by atoms with E-state index in [0.29, 0.717) is 6.42 Å². The average molecular weight is 376 g/mol. The summed E-state index contributed by atoms with van der Waals surface area (Å²) in [6.07, 6.45) is 17.9. The van der Waals surface area contributed by atoms with Crippen LogP contribution in [0.25, 0.3) is 0 Å². The summed E-state index contributed by atoms with van der Waals surface area (Å²) in [7, 11) is -4.06. The van der Waals surface area contributed by atoms with Gasteiger partial charge >= 0.3 is 0 Å². The second-order valence-corrected chi connectivity index (χ2v) is 9.62. The molecule has 1 heterocycles. The predicted octanol–water partition coefficient (Wildman–Crippen LogP) is 4.84. The first-order valence-electron chi connectivity index (χ1n) is 10.8. The minimum absolute atomic E-state index is 0.189. The summed E-state index contributed by atoms with van der Waals surface area (Å²) >= 11 is 0. The molecule has 4 nitrogen and oxygen atoms in total. The summed E-state index contributed by atoms with van der Waals surface area (Å²) in [6.45, 7) is 6.66. The summed E-state index contributed by atoms with van der Waals surface area (Å²) in [5, 5.41) is 0. The van der Waals surface area contributed by atoms with Crippen LogP contribution in [0, 0.1) is 0 Å². The molecule has 0 unspecified atom stereocenters. The quantitative estimate of drug-likeness (QED) is 0.234. The molecule has 1 aliphatic rings. The SMILES string of the molecule is CCCCCCCCCCCC[N+]1(CCCS(=O)(=O)[O-])CCCCC1. The fraction of sp³-hybridized carbons (Fsp3) is 1.00. The zero-order valence-electron chi connectivity index (χ0n) is 16.5. The third kappa shape index (κ3) is 12.0. The van der Waals surface area contributed by atoms with E-state index in [1.54, 1.807) is 0 Å². The first-order chi connectivity index (χ1) is 12.0. The Hall–Kier alpha value is -0.130. The van der Waals surface area contributed by atoms with Gasteiger partial charge in [-0.3, -0.25) is 0 Å². The van der Waals surface area contributed by atoms with Gasteiger partial charge < -0.3 is 9.04 Å². The van der Waals surface area contributed by atoms with E-state index in [9.17, 15) is 13.0 Å². The maximum Gasteiger partial charge on any atom is 0.0948 e. The summed E-state index contributed by atoms with van der Waals surface area (Å²) in [4.78, 5) is 0. The topological polar surface area (TPSA) is 57.2 Å². The number of unbranched alkanes of at least 4 members (excludes halogenated alkanes) is 9. The number of likely N-dealkylation sites (tertiary alicyclic amines) is 1. The summed E-state index contributed by atoms with van der Waals surface area (Å²) in [5.74, 6) is -0.189. The molecule has 150 valence electrons. The Labute approximate surface area is 156 Å². The van der Waals surface area contributed by atoms with E-state index in [2.05, 4.69) is 6.92 Å². The molecule has 0 bridgehead atoms. The molecule has 1 aliphatic heterocycles. The van der Waals surface area contributed by atoms with Crippen LogP contribution in [-0.2, 0) is 10.1 Å². The zero-order valence-corrected chi connectivity index (χ0v) is 17.3. The molecule has 0 N–H and O–H groups in total. The van der Waals surface area contributed by atoms with E-state index in [4.69, 9.17) is 0 Å². The average Bonchev–Trinajstić information content (AvgIpc) is 2.56. The minimum atomic E-state index is -4.06. The Kier molecular flexibility index (Phi) is 12.0. The van der Waals surface area contributed by atoms with E-state index in [0.717, 1.165) is 11.0 Å². The standard InChI is InChI=1S/C20H41NO3S/c1-2-3-4-5-6-7-8-9-10-12-16-21(17-13-11-14-18-21)19-15-20-25(22,23)24/h2-20H2,1H3. The first kappa shape index (κ1) is 22.9. The van der Waals surface area contributed by atoms with Crippen molar-refractivity contribution >= 4 is 10.1 Å². The van der Waals surface area contributed by atoms with Gasteiger partial charge in [0.1, 0.15) is 0 Å². The molecule has 1 fully saturated rings. The van der Waals surface area contributed by atoms with Crippen molar-refractivity contribution in [2.45, 2.75) is 96.8 Å². The highest BCUT2D eigenvalue weighted by molar-refractivity contribution is 7.85. The van der Waals surface area contributed by atoms with Crippen molar-refractivity contribution in [3.63, 3.8) is 0 Å². The molecule has 0 aliphatic carbocycles. The Morgan fingerprint density at radius 1 is 0.720 bits per heavy atom. The third-order valence-corrected chi connectivity index (χ3v) is 6.57. The molecule has 0 saturated carbocycles. The van der Waals surface area contributed by atoms with Crippen LogP contribution >= 0.6 is 0 Å². The highest BCUT2D eigenvalue weighted by atomic mass is 32.2. The van der Waals surface area contributed by atoms with Crippen LogP contribution in [0.2, 0.25) is 0 Å². The van der Waals surface area contributed by atoms with Crippen LogP contribution in [-0.4, -0.2) is 49.4 Å². The minimum Gasteiger partial charge on any atom is -0.748 e. The molecule has 0 radical (unpaired) electrons. The molecule has 0 spiro atoms. The van der Waals surface area contributed by atoms with Gasteiger partial charge in [0.05, 0.1) is 36.3 Å². The molecular formula is C20H41NO3S. The van der Waals surface area contributed by atoms with Crippen LogP contribution in [0.3, 0.4) is 0 Å². The number of quaternary nitrogens is 1. The summed E-state index contributed by atoms with van der Waals surface area (Å²) in [6, 6.07) is 0. The van der Waals surface area contributed by atoms with Crippen LogP contribution < -0.4 is 0 Å². The zero-order chi connectivity index (χ0) is 18.4. The normalized spacial score (nSPS) is 17.7. The van der Waals surface area contributed by atoms with E-state index < -0.39 is 10.1 Å². The van der Waals surface area contributed by atoms with Gasteiger partial charge in [-0.2, -0.15) is 0 Å². The van der Waals surface area contributed by atoms with Crippen molar-refractivity contribution in [2.24, 2.45) is 0 Å². The predicted molar refractivity (Wildman–Crippen MR) is 105 cm³/mol. The first-order valence-corrected chi connectivity index (χ1v) is 12.3. The molecule has 0 aromatic rings. The van der Waals surface area contributed by atoms with E-state index in [1.807, 2.05) is 0 Å². The molecule has 5 heteroatoms. The van der Waals surface area contributed by atoms with Crippen molar-refractivity contribution < 1.29 is 17.5 Å².